The van der Waals surface area contributed by atoms with Crippen LogP contribution in [0.25, 0.3) is 0 Å². The first-order valence-corrected chi connectivity index (χ1v) is 14.9. The highest BCUT2D eigenvalue weighted by atomic mass is 16.2. The number of nitrogens with one attached hydrogen (secondary N) is 1. The van der Waals surface area contributed by atoms with Crippen LogP contribution < -0.4 is 10.2 Å². The van der Waals surface area contributed by atoms with Crippen LogP contribution in [0.4, 0.5) is 11.8 Å². The van der Waals surface area contributed by atoms with Crippen LogP contribution >= 0.6 is 0 Å². The predicted octanol–water partition coefficient (Wildman–Crippen LogP) is 5.35. The van der Waals surface area contributed by atoms with Gasteiger partial charge in [-0.3, -0.25) is 9.69 Å². The normalized spacial score (nSPS) is 22.1. The molecule has 0 aliphatic carbocycles. The van der Waals surface area contributed by atoms with Gasteiger partial charge in [0.15, 0.2) is 0 Å². The third-order valence-electron chi connectivity index (χ3n) is 8.77. The first-order valence-electron chi connectivity index (χ1n) is 14.9. The maximum absolute atomic E-state index is 13.4. The highest BCUT2D eigenvalue weighted by Crippen LogP contribution is 2.25. The van der Waals surface area contributed by atoms with Gasteiger partial charge in [0.2, 0.25) is 5.95 Å². The fourth-order valence-corrected chi connectivity index (χ4v) is 6.81. The summed E-state index contributed by atoms with van der Waals surface area (Å²) in [6, 6.07) is 7.21. The summed E-state index contributed by atoms with van der Waals surface area (Å²) in [6.07, 6.45) is 12.7. The number of carbonyl (C=O) groups excluding carboxylic acids is 1. The number of benzene rings is 1. The van der Waals surface area contributed by atoms with Gasteiger partial charge in [-0.05, 0) is 83.0 Å². The van der Waals surface area contributed by atoms with Crippen LogP contribution in [0.5, 0.6) is 0 Å². The monoisotopic (exact) mass is 518 g/mol. The zero-order valence-corrected chi connectivity index (χ0v) is 23.7. The molecule has 0 bridgehead atoms. The van der Waals surface area contributed by atoms with Crippen molar-refractivity contribution in [1.82, 2.24) is 19.8 Å². The van der Waals surface area contributed by atoms with Gasteiger partial charge in [0.05, 0.1) is 0 Å². The van der Waals surface area contributed by atoms with Crippen LogP contribution in [0.3, 0.4) is 0 Å². The van der Waals surface area contributed by atoms with E-state index in [0.717, 1.165) is 87.0 Å². The second kappa shape index (κ2) is 12.5. The number of hydrogen-bond acceptors (Lipinski definition) is 6. The molecule has 1 aromatic heterocycles. The van der Waals surface area contributed by atoms with E-state index in [1.807, 2.05) is 6.20 Å². The van der Waals surface area contributed by atoms with Gasteiger partial charge in [-0.25, -0.2) is 4.98 Å². The Labute approximate surface area is 229 Å². The Morgan fingerprint density at radius 2 is 1.55 bits per heavy atom. The number of aromatic nitrogens is 2. The minimum absolute atomic E-state index is 0.204. The van der Waals surface area contributed by atoms with E-state index in [9.17, 15) is 4.79 Å². The van der Waals surface area contributed by atoms with Crippen LogP contribution in [0.15, 0.2) is 24.4 Å². The molecule has 5 rings (SSSR count). The predicted molar refractivity (Wildman–Crippen MR) is 155 cm³/mol. The average Bonchev–Trinajstić information content (AvgIpc) is 3.32. The molecule has 1 amide bonds. The third-order valence-corrected chi connectivity index (χ3v) is 8.77. The largest absolute Gasteiger partial charge is 0.356 e. The molecule has 1 unspecified atom stereocenters. The molecule has 3 aliphatic heterocycles. The van der Waals surface area contributed by atoms with E-state index in [4.69, 9.17) is 4.98 Å². The van der Waals surface area contributed by atoms with Crippen molar-refractivity contribution in [2.45, 2.75) is 90.6 Å². The van der Waals surface area contributed by atoms with E-state index in [0.29, 0.717) is 12.1 Å². The molecule has 2 aromatic rings. The third kappa shape index (κ3) is 6.48. The Morgan fingerprint density at radius 1 is 0.868 bits per heavy atom. The lowest BCUT2D eigenvalue weighted by Crippen LogP contribution is -2.49. The summed E-state index contributed by atoms with van der Waals surface area (Å²) in [6.45, 7) is 12.3. The SMILES string of the molecule is Cc1cc(C)c(C(=O)N2CCC(N3CCCCC(Nc4nccc(N5CCCCCC5)n4)C3)CC2)c(C)c1. The van der Waals surface area contributed by atoms with Gasteiger partial charge in [-0.1, -0.05) is 37.0 Å². The van der Waals surface area contributed by atoms with Crippen molar-refractivity contribution in [3.8, 4) is 0 Å². The first-order chi connectivity index (χ1) is 18.5. The van der Waals surface area contributed by atoms with Gasteiger partial charge < -0.3 is 15.1 Å². The molecular formula is C31H46N6O. The summed E-state index contributed by atoms with van der Waals surface area (Å²) < 4.78 is 0. The van der Waals surface area contributed by atoms with Crippen molar-refractivity contribution in [3.63, 3.8) is 0 Å². The topological polar surface area (TPSA) is 64.6 Å². The molecule has 38 heavy (non-hydrogen) atoms. The lowest BCUT2D eigenvalue weighted by molar-refractivity contribution is 0.0618. The quantitative estimate of drug-likeness (QED) is 0.575. The van der Waals surface area contributed by atoms with E-state index >= 15 is 0 Å². The highest BCUT2D eigenvalue weighted by molar-refractivity contribution is 5.97. The zero-order valence-electron chi connectivity index (χ0n) is 23.7. The lowest BCUT2D eigenvalue weighted by atomic mass is 9.96. The summed E-state index contributed by atoms with van der Waals surface area (Å²) in [7, 11) is 0. The minimum atomic E-state index is 0.204. The Balaban J connectivity index is 1.18. The molecule has 7 heteroatoms. The van der Waals surface area contributed by atoms with Crippen LogP contribution in [0.2, 0.25) is 0 Å². The molecule has 4 heterocycles. The Hall–Kier alpha value is -2.67. The Kier molecular flexibility index (Phi) is 8.82. The first kappa shape index (κ1) is 26.9. The number of likely N-dealkylation sites (tertiary alicyclic amines) is 2. The second-order valence-electron chi connectivity index (χ2n) is 11.8. The highest BCUT2D eigenvalue weighted by Gasteiger charge is 2.31. The van der Waals surface area contributed by atoms with Crippen LogP contribution in [0, 0.1) is 20.8 Å². The second-order valence-corrected chi connectivity index (χ2v) is 11.8. The van der Waals surface area contributed by atoms with Crippen LogP contribution in [0.1, 0.15) is 84.8 Å². The number of amides is 1. The number of carbonyl (C=O) groups is 1. The van der Waals surface area contributed by atoms with Gasteiger partial charge in [-0.15, -0.1) is 0 Å². The summed E-state index contributed by atoms with van der Waals surface area (Å²) in [4.78, 5) is 30.1. The molecule has 3 saturated heterocycles. The number of aryl methyl sites for hydroxylation is 3. The molecule has 0 radical (unpaired) electrons. The molecule has 1 N–H and O–H groups in total. The van der Waals surface area contributed by atoms with Crippen LogP contribution in [-0.4, -0.2) is 77.0 Å². The van der Waals surface area contributed by atoms with Crippen molar-refractivity contribution in [2.75, 3.05) is 49.5 Å². The van der Waals surface area contributed by atoms with Crippen molar-refractivity contribution < 1.29 is 4.79 Å². The fourth-order valence-electron chi connectivity index (χ4n) is 6.81. The number of piperidine rings is 1. The smallest absolute Gasteiger partial charge is 0.254 e. The lowest BCUT2D eigenvalue weighted by Gasteiger charge is -2.39. The molecule has 3 aliphatic rings. The number of rotatable bonds is 5. The molecular weight excluding hydrogens is 472 g/mol. The van der Waals surface area contributed by atoms with Crippen molar-refractivity contribution in [1.29, 1.82) is 0 Å². The van der Waals surface area contributed by atoms with Crippen LogP contribution in [-0.2, 0) is 0 Å². The summed E-state index contributed by atoms with van der Waals surface area (Å²) in [5, 5.41) is 3.70. The van der Waals surface area contributed by atoms with Gasteiger partial charge in [0.25, 0.3) is 5.91 Å². The zero-order chi connectivity index (χ0) is 26.5. The van der Waals surface area contributed by atoms with E-state index in [1.54, 1.807) is 0 Å². The molecule has 3 fully saturated rings. The number of nitrogens with zero attached hydrogens (tertiary/aromatic N) is 5. The maximum atomic E-state index is 13.4. The fraction of sp³-hybridized carbons (Fsp3) is 0.645. The van der Waals surface area contributed by atoms with Gasteiger partial charge in [0.1, 0.15) is 5.82 Å². The molecule has 1 atom stereocenters. The van der Waals surface area contributed by atoms with Crippen molar-refractivity contribution >= 4 is 17.7 Å². The van der Waals surface area contributed by atoms with E-state index in [1.165, 1.54) is 44.1 Å². The van der Waals surface area contributed by atoms with Crippen molar-refractivity contribution in [3.05, 3.63) is 46.6 Å². The van der Waals surface area contributed by atoms with E-state index in [-0.39, 0.29) is 5.91 Å². The van der Waals surface area contributed by atoms with Gasteiger partial charge in [-0.2, -0.15) is 4.98 Å². The Morgan fingerprint density at radius 3 is 2.26 bits per heavy atom. The molecule has 0 spiro atoms. The summed E-state index contributed by atoms with van der Waals surface area (Å²) in [5.74, 6) is 2.03. The molecule has 7 nitrogen and oxygen atoms in total. The van der Waals surface area contributed by atoms with E-state index < -0.39 is 0 Å². The summed E-state index contributed by atoms with van der Waals surface area (Å²) >= 11 is 0. The van der Waals surface area contributed by atoms with E-state index in [2.05, 4.69) is 64.0 Å². The van der Waals surface area contributed by atoms with Gasteiger partial charge in [0, 0.05) is 56.6 Å². The molecule has 0 saturated carbocycles. The van der Waals surface area contributed by atoms with Crippen molar-refractivity contribution in [2.24, 2.45) is 0 Å². The number of anilines is 2. The van der Waals surface area contributed by atoms with Gasteiger partial charge >= 0.3 is 0 Å². The molecule has 1 aromatic carbocycles. The average molecular weight is 519 g/mol. The number of hydrogen-bond donors (Lipinski definition) is 1. The maximum Gasteiger partial charge on any atom is 0.254 e. The summed E-state index contributed by atoms with van der Waals surface area (Å²) in [5.41, 5.74) is 4.31. The Bertz CT molecular complexity index is 1060. The molecule has 206 valence electrons. The standard InChI is InChI=1S/C31H46N6O/c1-23-20-24(2)29(25(3)21-23)30(38)36-18-12-27(13-19-36)37-17-9-6-10-26(22-37)33-31-32-14-11-28(34-31)35-15-7-4-5-8-16-35/h11,14,20-21,26-27H,4-10,12-13,15-19,22H2,1-3H3,(H,32,33,34). The minimum Gasteiger partial charge on any atom is -0.356 e.